The third kappa shape index (κ3) is 7.81. The summed E-state index contributed by atoms with van der Waals surface area (Å²) in [5.74, 6) is -2.06. The lowest BCUT2D eigenvalue weighted by Crippen LogP contribution is -2.48. The van der Waals surface area contributed by atoms with Crippen LogP contribution >= 0.6 is 0 Å². The molecule has 0 aliphatic rings. The van der Waals surface area contributed by atoms with Gasteiger partial charge in [0.25, 0.3) is 0 Å². The first kappa shape index (κ1) is 26.2. The average Bonchev–Trinajstić information content (AvgIpc) is 3.34. The molecule has 7 N–H and O–H groups in total. The highest BCUT2D eigenvalue weighted by molar-refractivity contribution is 5.83. The number of carbonyl (C=O) groups excluding carboxylic acids is 1. The second kappa shape index (κ2) is 12.3. The van der Waals surface area contributed by atoms with E-state index in [9.17, 15) is 24.6 Å². The smallest absolute Gasteiger partial charge is 0.326 e. The summed E-state index contributed by atoms with van der Waals surface area (Å²) in [5.41, 5.74) is 7.41. The fraction of sp³-hybridized carbons (Fsp3) is 0.292. The highest BCUT2D eigenvalue weighted by Crippen LogP contribution is 2.21. The predicted octanol–water partition coefficient (Wildman–Crippen LogP) is 1.92. The van der Waals surface area contributed by atoms with Crippen LogP contribution in [0.25, 0.3) is 0 Å². The molecule has 0 aliphatic carbocycles. The summed E-state index contributed by atoms with van der Waals surface area (Å²) in [5, 5.41) is 36.9. The Hall–Kier alpha value is -4.45. The van der Waals surface area contributed by atoms with Crippen LogP contribution in [-0.4, -0.2) is 49.5 Å². The maximum Gasteiger partial charge on any atom is 0.326 e. The zero-order valence-corrected chi connectivity index (χ0v) is 19.2. The van der Waals surface area contributed by atoms with Crippen LogP contribution in [0.4, 0.5) is 4.79 Å². The second-order valence-electron chi connectivity index (χ2n) is 8.15. The summed E-state index contributed by atoms with van der Waals surface area (Å²) in [6.45, 7) is 0. The van der Waals surface area contributed by atoms with Gasteiger partial charge in [-0.2, -0.15) is 4.98 Å². The van der Waals surface area contributed by atoms with Gasteiger partial charge in [0.1, 0.15) is 17.8 Å². The summed E-state index contributed by atoms with van der Waals surface area (Å²) in [6, 6.07) is 11.5. The van der Waals surface area contributed by atoms with Crippen molar-refractivity contribution in [1.82, 2.24) is 20.8 Å². The van der Waals surface area contributed by atoms with Crippen molar-refractivity contribution in [3.05, 3.63) is 77.4 Å². The Balaban J connectivity index is 1.75. The van der Waals surface area contributed by atoms with E-state index in [-0.39, 0.29) is 43.1 Å². The third-order valence-corrected chi connectivity index (χ3v) is 5.32. The Labute approximate surface area is 206 Å². The van der Waals surface area contributed by atoms with Crippen LogP contribution in [-0.2, 0) is 22.4 Å². The van der Waals surface area contributed by atoms with Gasteiger partial charge in [0.15, 0.2) is 5.82 Å². The van der Waals surface area contributed by atoms with Crippen molar-refractivity contribution >= 4 is 18.0 Å². The maximum atomic E-state index is 12.8. The van der Waals surface area contributed by atoms with E-state index in [1.165, 1.54) is 12.1 Å². The van der Waals surface area contributed by atoms with Crippen molar-refractivity contribution in [3.63, 3.8) is 0 Å². The zero-order chi connectivity index (χ0) is 26.1. The lowest BCUT2D eigenvalue weighted by Gasteiger charge is -2.19. The number of nitrogens with two attached hydrogens (primary N) is 1. The molecule has 0 aliphatic heterocycles. The van der Waals surface area contributed by atoms with Gasteiger partial charge < -0.3 is 36.2 Å². The Bertz CT molecular complexity index is 1170. The molecule has 2 aromatic carbocycles. The number of carboxylic acids is 2. The number of nitrogens with one attached hydrogen (secondary N) is 2. The lowest BCUT2D eigenvalue weighted by molar-refractivity contribution is -0.139. The number of aromatic hydroxyl groups is 1. The van der Waals surface area contributed by atoms with Gasteiger partial charge in [0.2, 0.25) is 5.89 Å². The summed E-state index contributed by atoms with van der Waals surface area (Å²) in [6.07, 6.45) is 0.163. The van der Waals surface area contributed by atoms with E-state index in [1.54, 1.807) is 42.5 Å². The quantitative estimate of drug-likeness (QED) is 0.215. The van der Waals surface area contributed by atoms with E-state index < -0.39 is 36.1 Å². The molecule has 3 atom stereocenters. The normalized spacial score (nSPS) is 13.4. The number of phenols is 1. The third-order valence-electron chi connectivity index (χ3n) is 5.32. The number of amides is 2. The molecule has 1 heterocycles. The minimum absolute atomic E-state index is 0.00827. The summed E-state index contributed by atoms with van der Waals surface area (Å²) < 4.78 is 5.30. The Morgan fingerprint density at radius 2 is 1.61 bits per heavy atom. The number of hydrogen-bond acceptors (Lipinski definition) is 8. The lowest BCUT2D eigenvalue weighted by atomic mass is 10.1. The number of nitrogens with zero attached hydrogens (tertiary/aromatic N) is 2. The SMILES string of the molecule is N[C@@H](CCC(=O)O)c1noc([C@H](Cc2ccc(O)cc2)NC(=O)N[C@@H](Cc2ccccc2)C(=O)O)n1. The van der Waals surface area contributed by atoms with E-state index in [2.05, 4.69) is 20.8 Å². The van der Waals surface area contributed by atoms with Gasteiger partial charge in [0, 0.05) is 19.3 Å². The summed E-state index contributed by atoms with van der Waals surface area (Å²) >= 11 is 0. The van der Waals surface area contributed by atoms with E-state index in [0.29, 0.717) is 5.56 Å². The Morgan fingerprint density at radius 1 is 0.944 bits per heavy atom. The molecular formula is C24H27N5O7. The number of aliphatic carboxylic acids is 2. The van der Waals surface area contributed by atoms with Crippen molar-refractivity contribution in [2.45, 2.75) is 43.8 Å². The average molecular weight is 498 g/mol. The topological polar surface area (TPSA) is 201 Å². The van der Waals surface area contributed by atoms with Gasteiger partial charge in [-0.1, -0.05) is 47.6 Å². The number of urea groups is 1. The molecule has 3 rings (SSSR count). The second-order valence-corrected chi connectivity index (χ2v) is 8.15. The molecule has 2 amide bonds. The van der Waals surface area contributed by atoms with Crippen molar-refractivity contribution in [2.75, 3.05) is 0 Å². The van der Waals surface area contributed by atoms with Gasteiger partial charge in [-0.3, -0.25) is 4.79 Å². The number of aromatic nitrogens is 2. The first-order valence-electron chi connectivity index (χ1n) is 11.1. The number of hydrogen-bond donors (Lipinski definition) is 6. The van der Waals surface area contributed by atoms with Crippen molar-refractivity contribution in [2.24, 2.45) is 5.73 Å². The molecule has 0 spiro atoms. The largest absolute Gasteiger partial charge is 0.508 e. The Morgan fingerprint density at radius 3 is 2.25 bits per heavy atom. The summed E-state index contributed by atoms with van der Waals surface area (Å²) in [4.78, 5) is 39.6. The molecule has 0 saturated carbocycles. The molecule has 1 aromatic heterocycles. The Kier molecular flexibility index (Phi) is 8.95. The first-order chi connectivity index (χ1) is 17.2. The van der Waals surface area contributed by atoms with Crippen LogP contribution < -0.4 is 16.4 Å². The fourth-order valence-electron chi connectivity index (χ4n) is 3.42. The standard InChI is InChI=1S/C24H27N5O7/c25-17(10-11-20(31)32)21-28-22(36-29-21)18(12-15-6-8-16(30)9-7-15)26-24(35)27-19(23(33)34)13-14-4-2-1-3-5-14/h1-9,17-19,30H,10-13,25H2,(H,31,32)(H,33,34)(H2,26,27,35)/t17-,18-,19-/m0/s1. The highest BCUT2D eigenvalue weighted by atomic mass is 16.5. The molecule has 12 heteroatoms. The first-order valence-corrected chi connectivity index (χ1v) is 11.1. The van der Waals surface area contributed by atoms with Gasteiger partial charge in [-0.25, -0.2) is 9.59 Å². The molecule has 190 valence electrons. The van der Waals surface area contributed by atoms with Crippen LogP contribution in [0.15, 0.2) is 59.1 Å². The molecule has 0 unspecified atom stereocenters. The van der Waals surface area contributed by atoms with Gasteiger partial charge in [-0.05, 0) is 29.7 Å². The van der Waals surface area contributed by atoms with Crippen LogP contribution in [0.3, 0.4) is 0 Å². The number of rotatable bonds is 12. The molecule has 0 radical (unpaired) electrons. The van der Waals surface area contributed by atoms with Crippen LogP contribution in [0.1, 0.15) is 47.8 Å². The fourth-order valence-corrected chi connectivity index (χ4v) is 3.42. The molecule has 36 heavy (non-hydrogen) atoms. The highest BCUT2D eigenvalue weighted by Gasteiger charge is 2.26. The van der Waals surface area contributed by atoms with Crippen LogP contribution in [0.5, 0.6) is 5.75 Å². The molecule has 3 aromatic rings. The molecular weight excluding hydrogens is 470 g/mol. The van der Waals surface area contributed by atoms with E-state index in [4.69, 9.17) is 15.4 Å². The van der Waals surface area contributed by atoms with E-state index in [1.807, 2.05) is 0 Å². The summed E-state index contributed by atoms with van der Waals surface area (Å²) in [7, 11) is 0. The van der Waals surface area contributed by atoms with Crippen LogP contribution in [0, 0.1) is 0 Å². The minimum atomic E-state index is -1.20. The maximum absolute atomic E-state index is 12.8. The van der Waals surface area contributed by atoms with E-state index >= 15 is 0 Å². The number of carbonyl (C=O) groups is 3. The minimum Gasteiger partial charge on any atom is -0.508 e. The van der Waals surface area contributed by atoms with Crippen LogP contribution in [0.2, 0.25) is 0 Å². The van der Waals surface area contributed by atoms with Crippen molar-refractivity contribution in [1.29, 1.82) is 0 Å². The van der Waals surface area contributed by atoms with Gasteiger partial charge in [-0.15, -0.1) is 0 Å². The molecule has 12 nitrogen and oxygen atoms in total. The number of carboxylic acid groups (broad SMARTS) is 2. The molecule has 0 saturated heterocycles. The monoisotopic (exact) mass is 497 g/mol. The number of phenolic OH excluding ortho intramolecular Hbond substituents is 1. The van der Waals surface area contributed by atoms with Gasteiger partial charge in [0.05, 0.1) is 6.04 Å². The van der Waals surface area contributed by atoms with E-state index in [0.717, 1.165) is 5.56 Å². The predicted molar refractivity (Wildman–Crippen MR) is 126 cm³/mol. The van der Waals surface area contributed by atoms with Crippen molar-refractivity contribution in [3.8, 4) is 5.75 Å². The van der Waals surface area contributed by atoms with Gasteiger partial charge >= 0.3 is 18.0 Å². The zero-order valence-electron chi connectivity index (χ0n) is 19.2. The molecule has 0 bridgehead atoms. The molecule has 0 fully saturated rings. The number of benzene rings is 2. The van der Waals surface area contributed by atoms with Crippen molar-refractivity contribution < 1.29 is 34.2 Å².